The molecular weight excluding hydrogens is 344 g/mol. The van der Waals surface area contributed by atoms with Crippen LogP contribution in [0.3, 0.4) is 0 Å². The van der Waals surface area contributed by atoms with Gasteiger partial charge in [-0.25, -0.2) is 4.39 Å². The highest BCUT2D eigenvalue weighted by molar-refractivity contribution is 6.33. The molecule has 1 amide bonds. The van der Waals surface area contributed by atoms with Gasteiger partial charge in [-0.15, -0.1) is 0 Å². The Balaban J connectivity index is 2.28. The van der Waals surface area contributed by atoms with Crippen molar-refractivity contribution in [3.05, 3.63) is 51.8 Å². The number of methoxy groups -OCH3 is 1. The van der Waals surface area contributed by atoms with Gasteiger partial charge in [0.15, 0.2) is 11.5 Å². The fraction of sp³-hybridized carbons (Fsp3) is 0.188. The lowest BCUT2D eigenvalue weighted by Crippen LogP contribution is -2.12. The maximum atomic E-state index is 13.1. The molecule has 0 fully saturated rings. The van der Waals surface area contributed by atoms with Gasteiger partial charge in [0.1, 0.15) is 5.82 Å². The smallest absolute Gasteiger partial charge is 0.255 e. The second kappa shape index (κ2) is 7.53. The summed E-state index contributed by atoms with van der Waals surface area (Å²) >= 11 is 11.8. The highest BCUT2D eigenvalue weighted by Crippen LogP contribution is 2.36. The van der Waals surface area contributed by atoms with Gasteiger partial charge in [-0.3, -0.25) is 4.79 Å². The number of amides is 1. The van der Waals surface area contributed by atoms with Crippen molar-refractivity contribution in [2.75, 3.05) is 19.0 Å². The Morgan fingerprint density at radius 3 is 2.57 bits per heavy atom. The molecule has 0 aliphatic carbocycles. The van der Waals surface area contributed by atoms with Crippen molar-refractivity contribution in [1.82, 2.24) is 0 Å². The largest absolute Gasteiger partial charge is 0.493 e. The molecule has 23 heavy (non-hydrogen) atoms. The van der Waals surface area contributed by atoms with Crippen LogP contribution < -0.4 is 14.8 Å². The first-order chi connectivity index (χ1) is 11.0. The molecule has 122 valence electrons. The van der Waals surface area contributed by atoms with Gasteiger partial charge in [0, 0.05) is 11.3 Å². The van der Waals surface area contributed by atoms with Gasteiger partial charge < -0.3 is 14.8 Å². The van der Waals surface area contributed by atoms with Crippen LogP contribution in [0.2, 0.25) is 10.0 Å². The Morgan fingerprint density at radius 1 is 1.22 bits per heavy atom. The molecule has 0 radical (unpaired) electrons. The lowest BCUT2D eigenvalue weighted by molar-refractivity contribution is 0.102. The Morgan fingerprint density at radius 2 is 1.96 bits per heavy atom. The van der Waals surface area contributed by atoms with E-state index in [2.05, 4.69) is 5.32 Å². The van der Waals surface area contributed by atoms with Crippen molar-refractivity contribution < 1.29 is 18.7 Å². The summed E-state index contributed by atoms with van der Waals surface area (Å²) in [6.45, 7) is 2.23. The minimum atomic E-state index is -0.560. The van der Waals surface area contributed by atoms with Gasteiger partial charge in [-0.05, 0) is 37.3 Å². The fourth-order valence-corrected chi connectivity index (χ4v) is 2.36. The number of halogens is 3. The molecule has 2 rings (SSSR count). The number of carbonyl (C=O) groups excluding carboxylic acids is 1. The van der Waals surface area contributed by atoms with Crippen LogP contribution in [0.5, 0.6) is 11.5 Å². The number of hydrogen-bond donors (Lipinski definition) is 1. The SMILES string of the molecule is CCOc1c(Cl)cc(C(=O)Nc2ccc(F)c(Cl)c2)cc1OC. The third-order valence-electron chi connectivity index (χ3n) is 2.96. The zero-order valence-electron chi connectivity index (χ0n) is 12.5. The summed E-state index contributed by atoms with van der Waals surface area (Å²) < 4.78 is 23.7. The lowest BCUT2D eigenvalue weighted by Gasteiger charge is -2.13. The minimum absolute atomic E-state index is 0.0786. The molecule has 2 aromatic carbocycles. The Hall–Kier alpha value is -1.98. The molecule has 0 aliphatic rings. The molecular formula is C16H14Cl2FNO3. The van der Waals surface area contributed by atoms with Gasteiger partial charge in [-0.1, -0.05) is 23.2 Å². The first-order valence-corrected chi connectivity index (χ1v) is 7.48. The quantitative estimate of drug-likeness (QED) is 0.836. The van der Waals surface area contributed by atoms with Crippen LogP contribution in [0, 0.1) is 5.82 Å². The Bertz CT molecular complexity index is 738. The lowest BCUT2D eigenvalue weighted by atomic mass is 10.1. The van der Waals surface area contributed by atoms with E-state index in [1.165, 1.54) is 37.4 Å². The predicted molar refractivity (Wildman–Crippen MR) is 88.5 cm³/mol. The van der Waals surface area contributed by atoms with Crippen LogP contribution in [0.25, 0.3) is 0 Å². The molecule has 4 nitrogen and oxygen atoms in total. The number of rotatable bonds is 5. The van der Waals surface area contributed by atoms with E-state index in [4.69, 9.17) is 32.7 Å². The Kier molecular flexibility index (Phi) is 5.69. The van der Waals surface area contributed by atoms with Crippen LogP contribution in [-0.4, -0.2) is 19.6 Å². The zero-order chi connectivity index (χ0) is 17.0. The second-order valence-corrected chi connectivity index (χ2v) is 5.32. The summed E-state index contributed by atoms with van der Waals surface area (Å²) in [6, 6.07) is 6.88. The van der Waals surface area contributed by atoms with E-state index in [0.717, 1.165) is 0 Å². The van der Waals surface area contributed by atoms with Crippen LogP contribution in [0.15, 0.2) is 30.3 Å². The highest BCUT2D eigenvalue weighted by atomic mass is 35.5. The molecule has 0 saturated carbocycles. The van der Waals surface area contributed by atoms with Gasteiger partial charge in [0.05, 0.1) is 23.8 Å². The van der Waals surface area contributed by atoms with E-state index in [9.17, 15) is 9.18 Å². The van der Waals surface area contributed by atoms with Crippen LogP contribution in [-0.2, 0) is 0 Å². The van der Waals surface area contributed by atoms with E-state index in [-0.39, 0.29) is 15.6 Å². The number of hydrogen-bond acceptors (Lipinski definition) is 3. The fourth-order valence-electron chi connectivity index (χ4n) is 1.91. The zero-order valence-corrected chi connectivity index (χ0v) is 14.0. The average Bonchev–Trinajstić information content (AvgIpc) is 2.52. The summed E-state index contributed by atoms with van der Waals surface area (Å²) in [4.78, 5) is 12.3. The van der Waals surface area contributed by atoms with E-state index in [1.54, 1.807) is 0 Å². The number of nitrogens with one attached hydrogen (secondary N) is 1. The van der Waals surface area contributed by atoms with Gasteiger partial charge in [-0.2, -0.15) is 0 Å². The normalized spacial score (nSPS) is 10.3. The third kappa shape index (κ3) is 4.06. The van der Waals surface area contributed by atoms with Gasteiger partial charge >= 0.3 is 0 Å². The van der Waals surface area contributed by atoms with E-state index in [0.29, 0.717) is 23.8 Å². The number of benzene rings is 2. The topological polar surface area (TPSA) is 47.6 Å². The molecule has 0 aromatic heterocycles. The van der Waals surface area contributed by atoms with Crippen LogP contribution in [0.4, 0.5) is 10.1 Å². The molecule has 0 spiro atoms. The third-order valence-corrected chi connectivity index (χ3v) is 3.53. The summed E-state index contributed by atoms with van der Waals surface area (Å²) in [5.74, 6) is -0.272. The van der Waals surface area contributed by atoms with Crippen LogP contribution in [0.1, 0.15) is 17.3 Å². The second-order valence-electron chi connectivity index (χ2n) is 4.51. The van der Waals surface area contributed by atoms with Crippen molar-refractivity contribution in [3.8, 4) is 11.5 Å². The molecule has 0 atom stereocenters. The first kappa shape index (κ1) is 17.4. The van der Waals surface area contributed by atoms with Crippen molar-refractivity contribution in [2.45, 2.75) is 6.92 Å². The summed E-state index contributed by atoms with van der Waals surface area (Å²) in [7, 11) is 1.45. The molecule has 0 saturated heterocycles. The standard InChI is InChI=1S/C16H14Cl2FNO3/c1-3-23-15-12(18)6-9(7-14(15)22-2)16(21)20-10-4-5-13(19)11(17)8-10/h4-8H,3H2,1-2H3,(H,20,21). The maximum absolute atomic E-state index is 13.1. The molecule has 0 heterocycles. The van der Waals surface area contributed by atoms with Gasteiger partial charge in [0.25, 0.3) is 5.91 Å². The summed E-state index contributed by atoms with van der Waals surface area (Å²) in [5.41, 5.74) is 0.640. The average molecular weight is 358 g/mol. The van der Waals surface area contributed by atoms with Crippen molar-refractivity contribution in [1.29, 1.82) is 0 Å². The predicted octanol–water partition coefficient (Wildman–Crippen LogP) is 4.79. The van der Waals surface area contributed by atoms with Crippen molar-refractivity contribution in [3.63, 3.8) is 0 Å². The summed E-state index contributed by atoms with van der Waals surface area (Å²) in [6.07, 6.45) is 0. The van der Waals surface area contributed by atoms with Gasteiger partial charge in [0.2, 0.25) is 0 Å². The number of carbonyl (C=O) groups is 1. The first-order valence-electron chi connectivity index (χ1n) is 6.73. The van der Waals surface area contributed by atoms with Crippen LogP contribution >= 0.6 is 23.2 Å². The van der Waals surface area contributed by atoms with E-state index >= 15 is 0 Å². The molecule has 2 aromatic rings. The van der Waals surface area contributed by atoms with E-state index < -0.39 is 11.7 Å². The van der Waals surface area contributed by atoms with Crippen molar-refractivity contribution in [2.24, 2.45) is 0 Å². The maximum Gasteiger partial charge on any atom is 0.255 e. The Labute approximate surface area is 143 Å². The number of anilines is 1. The molecule has 7 heteroatoms. The number of ether oxygens (including phenoxy) is 2. The summed E-state index contributed by atoms with van der Waals surface area (Å²) in [5, 5.41) is 2.79. The minimum Gasteiger partial charge on any atom is -0.493 e. The van der Waals surface area contributed by atoms with Crippen molar-refractivity contribution >= 4 is 34.8 Å². The molecule has 0 unspecified atom stereocenters. The molecule has 0 bridgehead atoms. The molecule has 1 N–H and O–H groups in total. The highest BCUT2D eigenvalue weighted by Gasteiger charge is 2.16. The van der Waals surface area contributed by atoms with E-state index in [1.807, 2.05) is 6.92 Å². The molecule has 0 aliphatic heterocycles. The monoisotopic (exact) mass is 357 g/mol.